The van der Waals surface area contributed by atoms with Crippen LogP contribution in [0.2, 0.25) is 0 Å². The Kier molecular flexibility index (Phi) is 4.16. The van der Waals surface area contributed by atoms with Gasteiger partial charge >= 0.3 is 0 Å². The molecule has 94 valence electrons. The van der Waals surface area contributed by atoms with Gasteiger partial charge in [-0.25, -0.2) is 10.0 Å². The largest absolute Gasteiger partial charge is 0.377 e. The first-order valence-electron chi connectivity index (χ1n) is 6.18. The van der Waals surface area contributed by atoms with Gasteiger partial charge in [0.2, 0.25) is 0 Å². The van der Waals surface area contributed by atoms with Crippen molar-refractivity contribution in [3.05, 3.63) is 0 Å². The van der Waals surface area contributed by atoms with Gasteiger partial charge in [-0.05, 0) is 21.0 Å². The monoisotopic (exact) mass is 228 g/mol. The number of piperazine rings is 1. The van der Waals surface area contributed by atoms with Gasteiger partial charge in [-0.1, -0.05) is 0 Å². The highest BCUT2D eigenvalue weighted by Gasteiger charge is 2.32. The van der Waals surface area contributed by atoms with Gasteiger partial charge in [0.1, 0.15) is 0 Å². The van der Waals surface area contributed by atoms with E-state index in [0.717, 1.165) is 39.4 Å². The third-order valence-corrected chi connectivity index (χ3v) is 3.47. The molecule has 0 spiro atoms. The Morgan fingerprint density at radius 3 is 2.75 bits per heavy atom. The summed E-state index contributed by atoms with van der Waals surface area (Å²) < 4.78 is 5.57. The summed E-state index contributed by atoms with van der Waals surface area (Å²) in [5.74, 6) is 0. The highest BCUT2D eigenvalue weighted by Crippen LogP contribution is 2.16. The molecule has 0 aromatic carbocycles. The van der Waals surface area contributed by atoms with Crippen molar-refractivity contribution in [1.82, 2.24) is 20.2 Å². The van der Waals surface area contributed by atoms with Gasteiger partial charge in [0.25, 0.3) is 0 Å². The summed E-state index contributed by atoms with van der Waals surface area (Å²) in [4.78, 5) is 2.24. The Balaban J connectivity index is 2.03. The second kappa shape index (κ2) is 5.42. The molecule has 2 saturated heterocycles. The summed E-state index contributed by atoms with van der Waals surface area (Å²) in [5.41, 5.74) is 0. The fourth-order valence-electron chi connectivity index (χ4n) is 2.51. The number of morpholine rings is 1. The molecular weight excluding hydrogens is 204 g/mol. The van der Waals surface area contributed by atoms with E-state index in [4.69, 9.17) is 4.74 Å². The Morgan fingerprint density at radius 2 is 2.06 bits per heavy atom. The van der Waals surface area contributed by atoms with Crippen LogP contribution in [0.25, 0.3) is 0 Å². The summed E-state index contributed by atoms with van der Waals surface area (Å²) >= 11 is 0. The maximum absolute atomic E-state index is 5.57. The van der Waals surface area contributed by atoms with Crippen LogP contribution in [0.3, 0.4) is 0 Å². The number of likely N-dealkylation sites (N-methyl/N-ethyl adjacent to an activating group) is 1. The zero-order chi connectivity index (χ0) is 11.5. The summed E-state index contributed by atoms with van der Waals surface area (Å²) in [6.45, 7) is 8.22. The van der Waals surface area contributed by atoms with Crippen molar-refractivity contribution in [3.63, 3.8) is 0 Å². The molecule has 0 radical (unpaired) electrons. The van der Waals surface area contributed by atoms with Crippen molar-refractivity contribution in [2.45, 2.75) is 19.1 Å². The number of hydrogen-bond acceptors (Lipinski definition) is 5. The fourth-order valence-corrected chi connectivity index (χ4v) is 2.51. The molecule has 0 bridgehead atoms. The van der Waals surface area contributed by atoms with Gasteiger partial charge < -0.3 is 10.1 Å². The first-order chi connectivity index (χ1) is 7.70. The molecule has 5 nitrogen and oxygen atoms in total. The molecule has 2 heterocycles. The lowest BCUT2D eigenvalue weighted by atomic mass is 10.2. The average Bonchev–Trinajstić information content (AvgIpc) is 2.29. The third-order valence-electron chi connectivity index (χ3n) is 3.47. The van der Waals surface area contributed by atoms with Crippen molar-refractivity contribution in [1.29, 1.82) is 0 Å². The third kappa shape index (κ3) is 2.55. The van der Waals surface area contributed by atoms with Crippen LogP contribution in [0.15, 0.2) is 0 Å². The number of nitrogens with zero attached hydrogens (tertiary/aromatic N) is 3. The van der Waals surface area contributed by atoms with Crippen LogP contribution in [0.5, 0.6) is 0 Å². The number of ether oxygens (including phenoxy) is 1. The van der Waals surface area contributed by atoms with Crippen LogP contribution in [-0.2, 0) is 4.74 Å². The molecule has 2 aliphatic rings. The van der Waals surface area contributed by atoms with Gasteiger partial charge in [0.15, 0.2) is 0 Å². The van der Waals surface area contributed by atoms with Gasteiger partial charge in [0.05, 0.1) is 19.4 Å². The molecule has 0 aliphatic carbocycles. The minimum atomic E-state index is 0.384. The summed E-state index contributed by atoms with van der Waals surface area (Å²) in [6, 6.07) is 0.578. The van der Waals surface area contributed by atoms with E-state index < -0.39 is 0 Å². The Labute approximate surface area is 98.3 Å². The lowest BCUT2D eigenvalue weighted by Crippen LogP contribution is -2.65. The van der Waals surface area contributed by atoms with Crippen molar-refractivity contribution in [3.8, 4) is 0 Å². The van der Waals surface area contributed by atoms with Gasteiger partial charge in [-0.3, -0.25) is 4.90 Å². The number of nitrogens with one attached hydrogen (secondary N) is 1. The smallest absolute Gasteiger partial charge is 0.0993 e. The van der Waals surface area contributed by atoms with E-state index in [1.807, 2.05) is 0 Å². The lowest BCUT2D eigenvalue weighted by molar-refractivity contribution is -0.183. The van der Waals surface area contributed by atoms with Crippen molar-refractivity contribution >= 4 is 0 Å². The molecule has 2 aliphatic heterocycles. The van der Waals surface area contributed by atoms with Crippen LogP contribution in [-0.4, -0.2) is 80.6 Å². The van der Waals surface area contributed by atoms with E-state index in [2.05, 4.69) is 41.3 Å². The van der Waals surface area contributed by atoms with Crippen LogP contribution < -0.4 is 5.32 Å². The quantitative estimate of drug-likeness (QED) is 0.683. The second-order valence-electron chi connectivity index (χ2n) is 4.90. The molecule has 1 N–H and O–H groups in total. The molecule has 2 unspecified atom stereocenters. The van der Waals surface area contributed by atoms with Crippen molar-refractivity contribution < 1.29 is 4.74 Å². The molecule has 0 aromatic rings. The highest BCUT2D eigenvalue weighted by molar-refractivity contribution is 4.79. The number of hydrogen-bond donors (Lipinski definition) is 1. The summed E-state index contributed by atoms with van der Waals surface area (Å²) in [5, 5.41) is 8.42. The Hall–Kier alpha value is -0.200. The normalized spacial score (nSPS) is 34.5. The standard InChI is InChI=1S/C11H24N4O/c1-10-8-12-4-5-14(10)15-6-7-16-9-11(15)13(2)3/h10-12H,4-9H2,1-3H3. The molecule has 0 amide bonds. The Morgan fingerprint density at radius 1 is 1.25 bits per heavy atom. The fraction of sp³-hybridized carbons (Fsp3) is 1.00. The van der Waals surface area contributed by atoms with Gasteiger partial charge in [-0.15, -0.1) is 0 Å². The van der Waals surface area contributed by atoms with Crippen LogP contribution in [0, 0.1) is 0 Å². The zero-order valence-corrected chi connectivity index (χ0v) is 10.6. The predicted octanol–water partition coefficient (Wildman–Crippen LogP) is -0.585. The highest BCUT2D eigenvalue weighted by atomic mass is 16.5. The van der Waals surface area contributed by atoms with Crippen LogP contribution >= 0.6 is 0 Å². The van der Waals surface area contributed by atoms with Crippen molar-refractivity contribution in [2.75, 3.05) is 53.5 Å². The first kappa shape index (κ1) is 12.3. The summed E-state index contributed by atoms with van der Waals surface area (Å²) in [7, 11) is 4.25. The molecular formula is C11H24N4O. The van der Waals surface area contributed by atoms with Crippen LogP contribution in [0.1, 0.15) is 6.92 Å². The molecule has 2 atom stereocenters. The predicted molar refractivity (Wildman–Crippen MR) is 64.0 cm³/mol. The van der Waals surface area contributed by atoms with Gasteiger partial charge in [0, 0.05) is 32.2 Å². The zero-order valence-electron chi connectivity index (χ0n) is 10.6. The van der Waals surface area contributed by atoms with E-state index in [0.29, 0.717) is 12.2 Å². The minimum Gasteiger partial charge on any atom is -0.377 e. The van der Waals surface area contributed by atoms with E-state index in [9.17, 15) is 0 Å². The molecule has 5 heteroatoms. The Bertz CT molecular complexity index is 224. The lowest BCUT2D eigenvalue weighted by Gasteiger charge is -2.49. The number of hydrazine groups is 1. The number of rotatable bonds is 2. The SMILES string of the molecule is CC1CNCCN1N1CCOCC1N(C)C. The average molecular weight is 228 g/mol. The minimum absolute atomic E-state index is 0.384. The first-order valence-corrected chi connectivity index (χ1v) is 6.18. The van der Waals surface area contributed by atoms with Gasteiger partial charge in [-0.2, -0.15) is 0 Å². The molecule has 0 aromatic heterocycles. The maximum atomic E-state index is 5.57. The molecule has 2 fully saturated rings. The topological polar surface area (TPSA) is 31.0 Å². The van der Waals surface area contributed by atoms with E-state index >= 15 is 0 Å². The molecule has 16 heavy (non-hydrogen) atoms. The maximum Gasteiger partial charge on any atom is 0.0993 e. The van der Waals surface area contributed by atoms with E-state index in [1.165, 1.54) is 0 Å². The molecule has 0 saturated carbocycles. The summed E-state index contributed by atoms with van der Waals surface area (Å²) in [6.07, 6.45) is 0.384. The van der Waals surface area contributed by atoms with E-state index in [-0.39, 0.29) is 0 Å². The van der Waals surface area contributed by atoms with Crippen LogP contribution in [0.4, 0.5) is 0 Å². The second-order valence-corrected chi connectivity index (χ2v) is 4.90. The molecule has 2 rings (SSSR count). The van der Waals surface area contributed by atoms with Crippen molar-refractivity contribution in [2.24, 2.45) is 0 Å². The van der Waals surface area contributed by atoms with E-state index in [1.54, 1.807) is 0 Å².